The number of hydrogen-bond acceptors (Lipinski definition) is 2. The second kappa shape index (κ2) is 4.29. The van der Waals surface area contributed by atoms with Crippen LogP contribution in [0.5, 0.6) is 0 Å². The molecule has 0 unspecified atom stereocenters. The van der Waals surface area contributed by atoms with E-state index < -0.39 is 0 Å². The minimum absolute atomic E-state index is 0.0360. The normalized spacial score (nSPS) is 12.5. The lowest BCUT2D eigenvalue weighted by atomic mass is 9.97. The Morgan fingerprint density at radius 2 is 2.07 bits per heavy atom. The second-order valence-electron chi connectivity index (χ2n) is 3.72. The molecule has 0 aliphatic heterocycles. The highest BCUT2D eigenvalue weighted by atomic mass is 14.7. The summed E-state index contributed by atoms with van der Waals surface area (Å²) in [6.07, 6.45) is 2.58. The maximum atomic E-state index is 5.99. The fraction of sp³-hybridized carbons (Fsp3) is 0.333. The van der Waals surface area contributed by atoms with Gasteiger partial charge in [0, 0.05) is 11.7 Å². The van der Waals surface area contributed by atoms with Gasteiger partial charge >= 0.3 is 0 Å². The summed E-state index contributed by atoms with van der Waals surface area (Å²) in [4.78, 5) is 0. The van der Waals surface area contributed by atoms with Crippen LogP contribution in [0.2, 0.25) is 0 Å². The molecule has 0 spiro atoms. The van der Waals surface area contributed by atoms with Crippen molar-refractivity contribution < 1.29 is 0 Å². The zero-order valence-corrected chi connectivity index (χ0v) is 8.88. The van der Waals surface area contributed by atoms with Gasteiger partial charge in [-0.15, -0.1) is 6.58 Å². The molecule has 1 atom stereocenters. The summed E-state index contributed by atoms with van der Waals surface area (Å²) in [5.74, 6) is 0. The summed E-state index contributed by atoms with van der Waals surface area (Å²) in [6, 6.07) is 4.08. The molecule has 0 bridgehead atoms. The van der Waals surface area contributed by atoms with Gasteiger partial charge in [-0.3, -0.25) is 0 Å². The molecule has 0 fully saturated rings. The Bertz CT molecular complexity index is 342. The van der Waals surface area contributed by atoms with Crippen LogP contribution in [0.1, 0.15) is 29.2 Å². The zero-order valence-electron chi connectivity index (χ0n) is 8.88. The monoisotopic (exact) mass is 190 g/mol. The molecule has 4 N–H and O–H groups in total. The first-order valence-electron chi connectivity index (χ1n) is 4.79. The third kappa shape index (κ3) is 2.15. The Labute approximate surface area is 85.6 Å². The smallest absolute Gasteiger partial charge is 0.0392 e. The third-order valence-electron chi connectivity index (χ3n) is 2.38. The van der Waals surface area contributed by atoms with Crippen molar-refractivity contribution in [1.82, 2.24) is 0 Å². The van der Waals surface area contributed by atoms with Gasteiger partial charge in [0.1, 0.15) is 0 Å². The van der Waals surface area contributed by atoms with Gasteiger partial charge in [0.15, 0.2) is 0 Å². The van der Waals surface area contributed by atoms with Crippen LogP contribution in [0.3, 0.4) is 0 Å². The van der Waals surface area contributed by atoms with Crippen molar-refractivity contribution in [2.45, 2.75) is 26.3 Å². The van der Waals surface area contributed by atoms with E-state index in [1.54, 1.807) is 0 Å². The van der Waals surface area contributed by atoms with Gasteiger partial charge in [-0.2, -0.15) is 0 Å². The zero-order chi connectivity index (χ0) is 10.7. The lowest BCUT2D eigenvalue weighted by Crippen LogP contribution is -2.12. The van der Waals surface area contributed by atoms with Crippen LogP contribution in [0.25, 0.3) is 0 Å². The molecule has 0 aliphatic carbocycles. The lowest BCUT2D eigenvalue weighted by Gasteiger charge is -2.15. The van der Waals surface area contributed by atoms with Crippen LogP contribution in [0.4, 0.5) is 5.69 Å². The Hall–Kier alpha value is -1.28. The third-order valence-corrected chi connectivity index (χ3v) is 2.38. The maximum absolute atomic E-state index is 5.99. The Morgan fingerprint density at radius 1 is 1.43 bits per heavy atom. The van der Waals surface area contributed by atoms with Crippen molar-refractivity contribution in [2.75, 3.05) is 5.73 Å². The van der Waals surface area contributed by atoms with Crippen molar-refractivity contribution in [3.05, 3.63) is 41.5 Å². The first-order valence-corrected chi connectivity index (χ1v) is 4.79. The fourth-order valence-corrected chi connectivity index (χ4v) is 1.62. The van der Waals surface area contributed by atoms with Crippen molar-refractivity contribution >= 4 is 5.69 Å². The quantitative estimate of drug-likeness (QED) is 0.568. The predicted octanol–water partition coefficient (Wildman–Crippen LogP) is 2.46. The summed E-state index contributed by atoms with van der Waals surface area (Å²) in [7, 11) is 0. The average molecular weight is 190 g/mol. The summed E-state index contributed by atoms with van der Waals surface area (Å²) in [5, 5.41) is 0. The van der Waals surface area contributed by atoms with Gasteiger partial charge in [-0.25, -0.2) is 0 Å². The minimum atomic E-state index is -0.0360. The Morgan fingerprint density at radius 3 is 2.64 bits per heavy atom. The van der Waals surface area contributed by atoms with Crippen LogP contribution in [-0.4, -0.2) is 0 Å². The van der Waals surface area contributed by atoms with Crippen LogP contribution < -0.4 is 11.5 Å². The maximum Gasteiger partial charge on any atom is 0.0392 e. The average Bonchev–Trinajstić information content (AvgIpc) is 2.11. The van der Waals surface area contributed by atoms with Gasteiger partial charge in [0.25, 0.3) is 0 Å². The van der Waals surface area contributed by atoms with Gasteiger partial charge in [0.05, 0.1) is 0 Å². The van der Waals surface area contributed by atoms with Crippen molar-refractivity contribution in [1.29, 1.82) is 0 Å². The summed E-state index contributed by atoms with van der Waals surface area (Å²) < 4.78 is 0. The number of benzene rings is 1. The number of anilines is 1. The van der Waals surface area contributed by atoms with Crippen molar-refractivity contribution in [2.24, 2.45) is 5.73 Å². The molecule has 0 radical (unpaired) electrons. The van der Waals surface area contributed by atoms with Crippen LogP contribution in [0.15, 0.2) is 24.8 Å². The van der Waals surface area contributed by atoms with Crippen LogP contribution in [-0.2, 0) is 0 Å². The molecule has 2 heteroatoms. The first kappa shape index (κ1) is 10.8. The molecule has 0 saturated carbocycles. The van der Waals surface area contributed by atoms with E-state index in [0.717, 1.165) is 23.2 Å². The van der Waals surface area contributed by atoms with Crippen molar-refractivity contribution in [3.8, 4) is 0 Å². The van der Waals surface area contributed by atoms with Crippen LogP contribution in [0, 0.1) is 13.8 Å². The van der Waals surface area contributed by atoms with Gasteiger partial charge in [0.2, 0.25) is 0 Å². The molecule has 1 aromatic carbocycles. The number of rotatable bonds is 3. The first-order chi connectivity index (χ1) is 6.56. The van der Waals surface area contributed by atoms with Gasteiger partial charge < -0.3 is 11.5 Å². The van der Waals surface area contributed by atoms with Crippen molar-refractivity contribution in [3.63, 3.8) is 0 Å². The molecular weight excluding hydrogens is 172 g/mol. The summed E-state index contributed by atoms with van der Waals surface area (Å²) in [6.45, 7) is 7.74. The van der Waals surface area contributed by atoms with E-state index in [0.29, 0.717) is 0 Å². The topological polar surface area (TPSA) is 52.0 Å². The number of nitrogen functional groups attached to an aromatic ring is 1. The Balaban J connectivity index is 3.12. The molecule has 2 nitrogen and oxygen atoms in total. The molecule has 0 saturated heterocycles. The second-order valence-corrected chi connectivity index (χ2v) is 3.72. The highest BCUT2D eigenvalue weighted by molar-refractivity contribution is 5.56. The molecule has 0 amide bonds. The summed E-state index contributed by atoms with van der Waals surface area (Å²) >= 11 is 0. The van der Waals surface area contributed by atoms with E-state index in [4.69, 9.17) is 11.5 Å². The van der Waals surface area contributed by atoms with E-state index in [-0.39, 0.29) is 6.04 Å². The molecule has 76 valence electrons. The van der Waals surface area contributed by atoms with Crippen LogP contribution >= 0.6 is 0 Å². The number of aryl methyl sites for hydroxylation is 2. The minimum Gasteiger partial charge on any atom is -0.398 e. The largest absolute Gasteiger partial charge is 0.398 e. The van der Waals surface area contributed by atoms with E-state index in [1.165, 1.54) is 5.56 Å². The van der Waals surface area contributed by atoms with E-state index in [2.05, 4.69) is 25.6 Å². The number of hydrogen-bond donors (Lipinski definition) is 2. The van der Waals surface area contributed by atoms with Gasteiger partial charge in [-0.05, 0) is 31.4 Å². The molecule has 1 aromatic rings. The van der Waals surface area contributed by atoms with E-state index >= 15 is 0 Å². The summed E-state index contributed by atoms with van der Waals surface area (Å²) in [5.41, 5.74) is 16.1. The molecule has 0 aromatic heterocycles. The number of nitrogens with two attached hydrogens (primary N) is 2. The molecule has 0 aliphatic rings. The van der Waals surface area contributed by atoms with E-state index in [1.807, 2.05) is 13.0 Å². The standard InChI is InChI=1S/C12H18N2/c1-4-5-11(13)10-7-8(2)6-9(3)12(10)14/h4,6-7,11H,1,5,13-14H2,2-3H3/t11-/m1/s1. The molecule has 0 heterocycles. The predicted molar refractivity (Wildman–Crippen MR) is 62.1 cm³/mol. The fourth-order valence-electron chi connectivity index (χ4n) is 1.62. The molecular formula is C12H18N2. The highest BCUT2D eigenvalue weighted by Crippen LogP contribution is 2.25. The molecule has 1 rings (SSSR count). The highest BCUT2D eigenvalue weighted by Gasteiger charge is 2.10. The van der Waals surface area contributed by atoms with E-state index in [9.17, 15) is 0 Å². The lowest BCUT2D eigenvalue weighted by molar-refractivity contribution is 0.743. The SMILES string of the molecule is C=CC[C@@H](N)c1cc(C)cc(C)c1N. The Kier molecular flexibility index (Phi) is 3.31. The van der Waals surface area contributed by atoms with Gasteiger partial charge in [-0.1, -0.05) is 23.8 Å². The molecule has 14 heavy (non-hydrogen) atoms.